The van der Waals surface area contributed by atoms with Crippen LogP contribution >= 0.6 is 23.2 Å². The molecule has 1 atom stereocenters. The number of carbonyl (C=O) groups excluding carboxylic acids is 1. The van der Waals surface area contributed by atoms with Crippen LogP contribution in [0.5, 0.6) is 5.75 Å². The molecular weight excluding hydrogens is 423 g/mol. The van der Waals surface area contributed by atoms with Gasteiger partial charge in [0.15, 0.2) is 0 Å². The fourth-order valence-electron chi connectivity index (χ4n) is 2.71. The van der Waals surface area contributed by atoms with Crippen LogP contribution in [-0.4, -0.2) is 34.2 Å². The number of anilines is 1. The third-order valence-corrected chi connectivity index (χ3v) is 5.66. The lowest BCUT2D eigenvalue weighted by Crippen LogP contribution is -2.41. The Balaban J connectivity index is 2.20. The van der Waals surface area contributed by atoms with E-state index in [2.05, 4.69) is 5.32 Å². The van der Waals surface area contributed by atoms with Crippen LogP contribution in [0.15, 0.2) is 42.5 Å². The van der Waals surface area contributed by atoms with E-state index in [9.17, 15) is 13.2 Å². The number of sulfonamides is 1. The Bertz CT molecular complexity index is 913. The summed E-state index contributed by atoms with van der Waals surface area (Å²) in [5.41, 5.74) is 1.13. The fraction of sp³-hybridized carbons (Fsp3) is 0.316. The number of hydrogen-bond donors (Lipinski definition) is 1. The minimum atomic E-state index is -3.72. The largest absolute Gasteiger partial charge is 0.497 e. The molecule has 0 spiro atoms. The summed E-state index contributed by atoms with van der Waals surface area (Å²) in [6.07, 6.45) is 1.66. The van der Waals surface area contributed by atoms with E-state index in [1.807, 2.05) is 19.1 Å². The molecule has 9 heteroatoms. The van der Waals surface area contributed by atoms with Crippen LogP contribution in [-0.2, 0) is 14.8 Å². The highest BCUT2D eigenvalue weighted by Gasteiger charge is 2.23. The van der Waals surface area contributed by atoms with Gasteiger partial charge in [-0.1, -0.05) is 42.3 Å². The Morgan fingerprint density at radius 1 is 1.14 bits per heavy atom. The molecule has 1 amide bonds. The van der Waals surface area contributed by atoms with Gasteiger partial charge in [-0.15, -0.1) is 0 Å². The standard InChI is InChI=1S/C19H22Cl2N2O4S/c1-4-18(13-5-7-17(27-2)8-6-13)22-19(24)12-23(28(3,25)26)16-10-14(20)9-15(21)11-16/h5-11,18H,4,12H2,1-3H3,(H,22,24)/t18-/m1/s1. The van der Waals surface area contributed by atoms with Crippen LogP contribution in [0.4, 0.5) is 5.69 Å². The van der Waals surface area contributed by atoms with Crippen molar-refractivity contribution in [3.05, 3.63) is 58.1 Å². The van der Waals surface area contributed by atoms with Crippen molar-refractivity contribution in [2.75, 3.05) is 24.2 Å². The molecule has 0 aromatic heterocycles. The third kappa shape index (κ3) is 6.02. The predicted octanol–water partition coefficient (Wildman–Crippen LogP) is 4.04. The van der Waals surface area contributed by atoms with E-state index in [1.165, 1.54) is 18.2 Å². The molecular formula is C19H22Cl2N2O4S. The van der Waals surface area contributed by atoms with Crippen molar-refractivity contribution in [3.63, 3.8) is 0 Å². The molecule has 0 bridgehead atoms. The molecule has 28 heavy (non-hydrogen) atoms. The molecule has 0 fully saturated rings. The van der Waals surface area contributed by atoms with Crippen molar-refractivity contribution in [1.29, 1.82) is 0 Å². The van der Waals surface area contributed by atoms with Gasteiger partial charge in [0, 0.05) is 10.0 Å². The van der Waals surface area contributed by atoms with E-state index < -0.39 is 15.9 Å². The van der Waals surface area contributed by atoms with E-state index in [4.69, 9.17) is 27.9 Å². The molecule has 0 aliphatic heterocycles. The lowest BCUT2D eigenvalue weighted by Gasteiger charge is -2.24. The average molecular weight is 445 g/mol. The van der Waals surface area contributed by atoms with Gasteiger partial charge in [0.25, 0.3) is 0 Å². The molecule has 0 unspecified atom stereocenters. The van der Waals surface area contributed by atoms with E-state index in [-0.39, 0.29) is 28.3 Å². The maximum absolute atomic E-state index is 12.6. The summed E-state index contributed by atoms with van der Waals surface area (Å²) in [7, 11) is -2.14. The molecule has 2 aromatic carbocycles. The number of nitrogens with one attached hydrogen (secondary N) is 1. The number of carbonyl (C=O) groups is 1. The number of ether oxygens (including phenoxy) is 1. The van der Waals surface area contributed by atoms with Crippen LogP contribution in [0, 0.1) is 0 Å². The minimum Gasteiger partial charge on any atom is -0.497 e. The predicted molar refractivity (Wildman–Crippen MR) is 113 cm³/mol. The SMILES string of the molecule is CC[C@@H](NC(=O)CN(c1cc(Cl)cc(Cl)c1)S(C)(=O)=O)c1ccc(OC)cc1. The van der Waals surface area contributed by atoms with Crippen LogP contribution in [0.25, 0.3) is 0 Å². The van der Waals surface area contributed by atoms with E-state index in [1.54, 1.807) is 19.2 Å². The maximum atomic E-state index is 12.6. The molecule has 0 aliphatic carbocycles. The van der Waals surface area contributed by atoms with Crippen LogP contribution in [0.2, 0.25) is 10.0 Å². The van der Waals surface area contributed by atoms with Gasteiger partial charge in [0.1, 0.15) is 12.3 Å². The highest BCUT2D eigenvalue weighted by Crippen LogP contribution is 2.27. The summed E-state index contributed by atoms with van der Waals surface area (Å²) >= 11 is 12.0. The van der Waals surface area contributed by atoms with Gasteiger partial charge in [0.2, 0.25) is 15.9 Å². The number of benzene rings is 2. The molecule has 0 saturated carbocycles. The fourth-order valence-corrected chi connectivity index (χ4v) is 4.07. The first-order chi connectivity index (χ1) is 13.1. The topological polar surface area (TPSA) is 75.7 Å². The molecule has 0 aliphatic rings. The number of halogens is 2. The van der Waals surface area contributed by atoms with Crippen molar-refractivity contribution in [2.45, 2.75) is 19.4 Å². The Morgan fingerprint density at radius 2 is 1.71 bits per heavy atom. The second-order valence-electron chi connectivity index (χ2n) is 6.20. The minimum absolute atomic E-state index is 0.229. The van der Waals surface area contributed by atoms with Gasteiger partial charge in [-0.3, -0.25) is 9.10 Å². The van der Waals surface area contributed by atoms with E-state index in [0.717, 1.165) is 16.1 Å². The summed E-state index contributed by atoms with van der Waals surface area (Å²) < 4.78 is 30.6. The quantitative estimate of drug-likeness (QED) is 0.666. The molecule has 152 valence electrons. The summed E-state index contributed by atoms with van der Waals surface area (Å²) in [6, 6.07) is 11.5. The zero-order valence-electron chi connectivity index (χ0n) is 15.8. The van der Waals surface area contributed by atoms with Crippen molar-refractivity contribution < 1.29 is 17.9 Å². The highest BCUT2D eigenvalue weighted by molar-refractivity contribution is 7.92. The normalized spacial score (nSPS) is 12.3. The average Bonchev–Trinajstić information content (AvgIpc) is 2.62. The third-order valence-electron chi connectivity index (χ3n) is 4.08. The summed E-state index contributed by atoms with van der Waals surface area (Å²) in [5.74, 6) is 0.273. The lowest BCUT2D eigenvalue weighted by atomic mass is 10.0. The van der Waals surface area contributed by atoms with Crippen molar-refractivity contribution in [1.82, 2.24) is 5.32 Å². The smallest absolute Gasteiger partial charge is 0.241 e. The van der Waals surface area contributed by atoms with Gasteiger partial charge in [0.05, 0.1) is 25.1 Å². The molecule has 6 nitrogen and oxygen atoms in total. The molecule has 0 saturated heterocycles. The summed E-state index contributed by atoms with van der Waals surface area (Å²) in [5, 5.41) is 3.43. The number of amides is 1. The number of methoxy groups -OCH3 is 1. The monoisotopic (exact) mass is 444 g/mol. The van der Waals surface area contributed by atoms with Crippen molar-refractivity contribution >= 4 is 44.8 Å². The number of rotatable bonds is 8. The van der Waals surface area contributed by atoms with Gasteiger partial charge >= 0.3 is 0 Å². The van der Waals surface area contributed by atoms with Gasteiger partial charge in [-0.05, 0) is 42.3 Å². The van der Waals surface area contributed by atoms with E-state index >= 15 is 0 Å². The number of hydrogen-bond acceptors (Lipinski definition) is 4. The second-order valence-corrected chi connectivity index (χ2v) is 8.98. The molecule has 2 aromatic rings. The van der Waals surface area contributed by atoms with E-state index in [0.29, 0.717) is 12.2 Å². The maximum Gasteiger partial charge on any atom is 0.241 e. The Morgan fingerprint density at radius 3 is 2.18 bits per heavy atom. The first-order valence-corrected chi connectivity index (χ1v) is 11.1. The Labute approximate surface area is 175 Å². The molecule has 0 heterocycles. The van der Waals surface area contributed by atoms with Crippen LogP contribution < -0.4 is 14.4 Å². The Hall–Kier alpha value is -1.96. The molecule has 2 rings (SSSR count). The van der Waals surface area contributed by atoms with Crippen LogP contribution in [0.3, 0.4) is 0 Å². The zero-order chi connectivity index (χ0) is 20.9. The lowest BCUT2D eigenvalue weighted by molar-refractivity contribution is -0.120. The molecule has 1 N–H and O–H groups in total. The van der Waals surface area contributed by atoms with Gasteiger partial charge in [-0.2, -0.15) is 0 Å². The van der Waals surface area contributed by atoms with Gasteiger partial charge in [-0.25, -0.2) is 8.42 Å². The van der Waals surface area contributed by atoms with Crippen molar-refractivity contribution in [2.24, 2.45) is 0 Å². The highest BCUT2D eigenvalue weighted by atomic mass is 35.5. The molecule has 0 radical (unpaired) electrons. The zero-order valence-corrected chi connectivity index (χ0v) is 18.1. The summed E-state index contributed by atoms with van der Waals surface area (Å²) in [4.78, 5) is 12.6. The summed E-state index contributed by atoms with van der Waals surface area (Å²) in [6.45, 7) is 1.54. The van der Waals surface area contributed by atoms with Crippen LogP contribution in [0.1, 0.15) is 24.9 Å². The Kier molecular flexibility index (Phi) is 7.57. The van der Waals surface area contributed by atoms with Crippen molar-refractivity contribution in [3.8, 4) is 5.75 Å². The first kappa shape index (κ1) is 22.3. The second kappa shape index (κ2) is 9.49. The number of nitrogens with zero attached hydrogens (tertiary/aromatic N) is 1. The van der Waals surface area contributed by atoms with Gasteiger partial charge < -0.3 is 10.1 Å². The first-order valence-electron chi connectivity index (χ1n) is 8.51.